The van der Waals surface area contributed by atoms with E-state index in [1.165, 1.54) is 0 Å². The van der Waals surface area contributed by atoms with E-state index in [2.05, 4.69) is 0 Å². The summed E-state index contributed by atoms with van der Waals surface area (Å²) >= 11 is 0. The third-order valence-electron chi connectivity index (χ3n) is 6.43. The topological polar surface area (TPSA) is 86.0 Å². The van der Waals surface area contributed by atoms with Crippen LogP contribution >= 0.6 is 0 Å². The summed E-state index contributed by atoms with van der Waals surface area (Å²) < 4.78 is 17.9. The van der Waals surface area contributed by atoms with Gasteiger partial charge < -0.3 is 19.0 Å². The van der Waals surface area contributed by atoms with Gasteiger partial charge in [-0.3, -0.25) is 0 Å². The quantitative estimate of drug-likeness (QED) is 0.301. The van der Waals surface area contributed by atoms with Gasteiger partial charge >= 0.3 is 11.6 Å². The third-order valence-corrected chi connectivity index (χ3v) is 6.43. The number of aryl methyl sites for hydroxylation is 1. The SMILES string of the molecule is CC=C(C)C(=O)OC(C)(Cc1ccccc1)C1Cc2cc3cc(CCCO)c(=O)oc3cc2O1. The molecule has 1 N–H and O–H groups in total. The first kappa shape index (κ1) is 23.8. The molecule has 0 saturated heterocycles. The molecule has 6 nitrogen and oxygen atoms in total. The maximum absolute atomic E-state index is 12.7. The highest BCUT2D eigenvalue weighted by Crippen LogP contribution is 2.39. The Morgan fingerprint density at radius 2 is 2.00 bits per heavy atom. The first-order valence-electron chi connectivity index (χ1n) is 11.6. The van der Waals surface area contributed by atoms with Crippen molar-refractivity contribution in [1.82, 2.24) is 0 Å². The van der Waals surface area contributed by atoms with Crippen molar-refractivity contribution in [3.63, 3.8) is 0 Å². The summed E-state index contributed by atoms with van der Waals surface area (Å²) in [6, 6.07) is 15.4. The Morgan fingerprint density at radius 1 is 1.24 bits per heavy atom. The highest BCUT2D eigenvalue weighted by molar-refractivity contribution is 5.88. The predicted octanol–water partition coefficient (Wildman–Crippen LogP) is 4.53. The van der Waals surface area contributed by atoms with E-state index in [0.29, 0.717) is 48.2 Å². The Bertz CT molecular complexity index is 1270. The van der Waals surface area contributed by atoms with Crippen LogP contribution in [0, 0.1) is 0 Å². The molecule has 2 atom stereocenters. The van der Waals surface area contributed by atoms with Gasteiger partial charge in [-0.05, 0) is 56.9 Å². The van der Waals surface area contributed by atoms with Crippen LogP contribution in [0.1, 0.15) is 43.9 Å². The minimum absolute atomic E-state index is 0.0165. The second kappa shape index (κ2) is 9.85. The molecule has 1 aliphatic rings. The highest BCUT2D eigenvalue weighted by Gasteiger charge is 2.44. The number of carbonyl (C=O) groups excluding carboxylic acids is 1. The van der Waals surface area contributed by atoms with Gasteiger partial charge in [0.1, 0.15) is 17.4 Å². The van der Waals surface area contributed by atoms with Gasteiger partial charge in [-0.1, -0.05) is 36.4 Å². The number of rotatable bonds is 8. The molecule has 0 aliphatic carbocycles. The fourth-order valence-electron chi connectivity index (χ4n) is 4.31. The second-order valence-corrected chi connectivity index (χ2v) is 9.03. The first-order chi connectivity index (χ1) is 16.3. The van der Waals surface area contributed by atoms with E-state index in [1.54, 1.807) is 26.0 Å². The Balaban J connectivity index is 1.66. The van der Waals surface area contributed by atoms with Crippen molar-refractivity contribution in [3.8, 4) is 5.75 Å². The zero-order valence-electron chi connectivity index (χ0n) is 19.8. The minimum Gasteiger partial charge on any atom is -0.485 e. The second-order valence-electron chi connectivity index (χ2n) is 9.03. The van der Waals surface area contributed by atoms with Gasteiger partial charge in [0.05, 0.1) is 0 Å². The lowest BCUT2D eigenvalue weighted by atomic mass is 9.88. The Hall–Kier alpha value is -3.38. The van der Waals surface area contributed by atoms with Crippen LogP contribution in [0.3, 0.4) is 0 Å². The van der Waals surface area contributed by atoms with Gasteiger partial charge in [0.2, 0.25) is 0 Å². The van der Waals surface area contributed by atoms with Crippen LogP contribution in [0.25, 0.3) is 11.0 Å². The minimum atomic E-state index is -0.916. The number of allylic oxidation sites excluding steroid dienone is 1. The summed E-state index contributed by atoms with van der Waals surface area (Å²) in [4.78, 5) is 25.1. The maximum Gasteiger partial charge on any atom is 0.339 e. The average Bonchev–Trinajstić information content (AvgIpc) is 3.25. The standard InChI is InChI=1S/C28H30O6/c1-4-18(2)26(30)34-28(3,17-19-9-6-5-7-10-19)25-15-22-14-21-13-20(11-8-12-29)27(31)33-24(21)16-23(22)32-25/h4-7,9-10,13-14,16,25,29H,8,11-12,15,17H2,1-3H3. The number of benzene rings is 2. The number of aliphatic hydroxyl groups excluding tert-OH is 1. The van der Waals surface area contributed by atoms with Gasteiger partial charge in [0, 0.05) is 42.0 Å². The zero-order valence-corrected chi connectivity index (χ0v) is 19.8. The van der Waals surface area contributed by atoms with Gasteiger partial charge in [0.15, 0.2) is 5.60 Å². The number of hydrogen-bond donors (Lipinski definition) is 1. The van der Waals surface area contributed by atoms with Crippen molar-refractivity contribution in [3.05, 3.63) is 87.3 Å². The molecule has 3 aromatic rings. The summed E-state index contributed by atoms with van der Waals surface area (Å²) in [5, 5.41) is 9.90. The van der Waals surface area contributed by atoms with Crippen molar-refractivity contribution < 1.29 is 23.8 Å². The predicted molar refractivity (Wildman–Crippen MR) is 130 cm³/mol. The molecule has 2 aromatic carbocycles. The molecule has 2 heterocycles. The largest absolute Gasteiger partial charge is 0.485 e. The van der Waals surface area contributed by atoms with E-state index in [9.17, 15) is 9.59 Å². The third kappa shape index (κ3) is 4.92. The van der Waals surface area contributed by atoms with Crippen LogP contribution in [0.5, 0.6) is 5.75 Å². The van der Waals surface area contributed by atoms with Gasteiger partial charge in [0.25, 0.3) is 0 Å². The number of esters is 1. The molecule has 0 saturated carbocycles. The highest BCUT2D eigenvalue weighted by atomic mass is 16.6. The van der Waals surface area contributed by atoms with Crippen molar-refractivity contribution in [2.45, 2.75) is 58.2 Å². The molecule has 0 spiro atoms. The maximum atomic E-state index is 12.7. The van der Waals surface area contributed by atoms with E-state index in [0.717, 1.165) is 16.5 Å². The Morgan fingerprint density at radius 3 is 2.71 bits per heavy atom. The summed E-state index contributed by atoms with van der Waals surface area (Å²) in [5.74, 6) is 0.256. The lowest BCUT2D eigenvalue weighted by Gasteiger charge is -2.34. The Kier molecular flexibility index (Phi) is 6.89. The van der Waals surface area contributed by atoms with Crippen LogP contribution in [-0.4, -0.2) is 29.4 Å². The average molecular weight is 463 g/mol. The number of aliphatic hydroxyl groups is 1. The molecule has 178 valence electrons. The van der Waals surface area contributed by atoms with Gasteiger partial charge in [-0.2, -0.15) is 0 Å². The van der Waals surface area contributed by atoms with Gasteiger partial charge in [-0.15, -0.1) is 0 Å². The molecule has 0 radical (unpaired) electrons. The van der Waals surface area contributed by atoms with E-state index < -0.39 is 17.3 Å². The molecule has 0 amide bonds. The Labute approximate surface area is 198 Å². The molecule has 0 fully saturated rings. The zero-order chi connectivity index (χ0) is 24.3. The molecule has 4 rings (SSSR count). The molecule has 0 bridgehead atoms. The van der Waals surface area contributed by atoms with Crippen molar-refractivity contribution in [2.75, 3.05) is 6.61 Å². The fraction of sp³-hybridized carbons (Fsp3) is 0.357. The molecular formula is C28H30O6. The molecule has 34 heavy (non-hydrogen) atoms. The normalized spacial score (nSPS) is 17.2. The van der Waals surface area contributed by atoms with E-state index >= 15 is 0 Å². The van der Waals surface area contributed by atoms with Crippen LogP contribution in [0.2, 0.25) is 0 Å². The molecule has 1 aromatic heterocycles. The lowest BCUT2D eigenvalue weighted by molar-refractivity contribution is -0.162. The van der Waals surface area contributed by atoms with Crippen LogP contribution in [0.15, 0.2) is 69.4 Å². The van der Waals surface area contributed by atoms with Crippen LogP contribution in [0.4, 0.5) is 0 Å². The van der Waals surface area contributed by atoms with Crippen molar-refractivity contribution >= 4 is 16.9 Å². The molecular weight excluding hydrogens is 432 g/mol. The summed E-state index contributed by atoms with van der Waals surface area (Å²) in [6.07, 6.45) is 3.34. The van der Waals surface area contributed by atoms with E-state index in [4.69, 9.17) is 19.0 Å². The monoisotopic (exact) mass is 462 g/mol. The number of ether oxygens (including phenoxy) is 2. The molecule has 6 heteroatoms. The van der Waals surface area contributed by atoms with E-state index in [1.807, 2.05) is 49.4 Å². The summed E-state index contributed by atoms with van der Waals surface area (Å²) in [5.41, 5.74) is 2.22. The van der Waals surface area contributed by atoms with Crippen LogP contribution in [-0.2, 0) is 28.8 Å². The van der Waals surface area contributed by atoms with E-state index in [-0.39, 0.29) is 12.6 Å². The first-order valence-corrected chi connectivity index (χ1v) is 11.6. The lowest BCUT2D eigenvalue weighted by Crippen LogP contribution is -2.48. The number of fused-ring (bicyclic) bond motifs is 2. The number of hydrogen-bond acceptors (Lipinski definition) is 6. The molecule has 1 aliphatic heterocycles. The fourth-order valence-corrected chi connectivity index (χ4v) is 4.31. The van der Waals surface area contributed by atoms with Crippen molar-refractivity contribution in [1.29, 1.82) is 0 Å². The van der Waals surface area contributed by atoms with Crippen molar-refractivity contribution in [2.24, 2.45) is 0 Å². The summed E-state index contributed by atoms with van der Waals surface area (Å²) in [6.45, 7) is 5.46. The molecule has 2 unspecified atom stereocenters. The van der Waals surface area contributed by atoms with Gasteiger partial charge in [-0.25, -0.2) is 9.59 Å². The van der Waals surface area contributed by atoms with Crippen LogP contribution < -0.4 is 10.4 Å². The summed E-state index contributed by atoms with van der Waals surface area (Å²) in [7, 11) is 0. The smallest absolute Gasteiger partial charge is 0.339 e. The number of carbonyl (C=O) groups is 1.